The zero-order valence-electron chi connectivity index (χ0n) is 14.4. The van der Waals surface area contributed by atoms with Crippen LogP contribution in [0.15, 0.2) is 24.3 Å². The summed E-state index contributed by atoms with van der Waals surface area (Å²) in [4.78, 5) is 23.9. The van der Waals surface area contributed by atoms with Crippen LogP contribution >= 0.6 is 0 Å². The number of benzene rings is 1. The first-order valence-electron chi connectivity index (χ1n) is 8.56. The van der Waals surface area contributed by atoms with Gasteiger partial charge < -0.3 is 21.1 Å². The quantitative estimate of drug-likeness (QED) is 0.712. The summed E-state index contributed by atoms with van der Waals surface area (Å²) in [7, 11) is 0. The SMILES string of the molecule is CC(C)[C@H](N)C(=O)NCC(=O)Nc1ccccc1OC1CCCC1. The van der Waals surface area contributed by atoms with Crippen LogP contribution in [0.3, 0.4) is 0 Å². The molecular formula is C18H27N3O3. The molecule has 6 heteroatoms. The van der Waals surface area contributed by atoms with E-state index in [1.807, 2.05) is 32.0 Å². The van der Waals surface area contributed by atoms with Crippen molar-refractivity contribution in [3.63, 3.8) is 0 Å². The van der Waals surface area contributed by atoms with Gasteiger partial charge in [0.25, 0.3) is 0 Å². The maximum atomic E-state index is 12.1. The maximum absolute atomic E-state index is 12.1. The highest BCUT2D eigenvalue weighted by molar-refractivity contribution is 5.96. The van der Waals surface area contributed by atoms with Gasteiger partial charge in [0.15, 0.2) is 0 Å². The molecule has 0 bridgehead atoms. The first-order valence-corrected chi connectivity index (χ1v) is 8.56. The van der Waals surface area contributed by atoms with Gasteiger partial charge >= 0.3 is 0 Å². The van der Waals surface area contributed by atoms with Crippen LogP contribution in [0.25, 0.3) is 0 Å². The van der Waals surface area contributed by atoms with E-state index in [4.69, 9.17) is 10.5 Å². The molecule has 132 valence electrons. The van der Waals surface area contributed by atoms with Crippen LogP contribution in [0, 0.1) is 5.92 Å². The lowest BCUT2D eigenvalue weighted by Crippen LogP contribution is -2.46. The second-order valence-electron chi connectivity index (χ2n) is 6.56. The Balaban J connectivity index is 1.88. The number of hydrogen-bond donors (Lipinski definition) is 3. The van der Waals surface area contributed by atoms with E-state index in [0.29, 0.717) is 11.4 Å². The highest BCUT2D eigenvalue weighted by atomic mass is 16.5. The lowest BCUT2D eigenvalue weighted by molar-refractivity contribution is -0.125. The normalized spacial score (nSPS) is 16.0. The van der Waals surface area contributed by atoms with Crippen molar-refractivity contribution in [3.8, 4) is 5.75 Å². The van der Waals surface area contributed by atoms with E-state index in [-0.39, 0.29) is 30.4 Å². The molecule has 0 spiro atoms. The van der Waals surface area contributed by atoms with E-state index in [1.165, 1.54) is 12.8 Å². The topological polar surface area (TPSA) is 93.5 Å². The number of nitrogens with one attached hydrogen (secondary N) is 2. The van der Waals surface area contributed by atoms with Crippen LogP contribution in [0.5, 0.6) is 5.75 Å². The van der Waals surface area contributed by atoms with Gasteiger partial charge in [-0.1, -0.05) is 26.0 Å². The first-order chi connectivity index (χ1) is 11.5. The minimum Gasteiger partial charge on any atom is -0.488 e. The Hall–Kier alpha value is -2.08. The number of para-hydroxylation sites is 2. The second kappa shape index (κ2) is 8.68. The summed E-state index contributed by atoms with van der Waals surface area (Å²) in [5.74, 6) is 0.0639. The molecule has 0 aliphatic heterocycles. The van der Waals surface area contributed by atoms with Crippen molar-refractivity contribution in [1.29, 1.82) is 0 Å². The largest absolute Gasteiger partial charge is 0.488 e. The number of amides is 2. The zero-order valence-corrected chi connectivity index (χ0v) is 14.4. The number of ether oxygens (including phenoxy) is 1. The fraction of sp³-hybridized carbons (Fsp3) is 0.556. The third-order valence-corrected chi connectivity index (χ3v) is 4.20. The minimum absolute atomic E-state index is 0.0219. The fourth-order valence-corrected chi connectivity index (χ4v) is 2.64. The molecule has 1 aromatic rings. The number of hydrogen-bond acceptors (Lipinski definition) is 4. The van der Waals surface area contributed by atoms with Crippen molar-refractivity contribution in [1.82, 2.24) is 5.32 Å². The van der Waals surface area contributed by atoms with Gasteiger partial charge in [-0.05, 0) is 43.7 Å². The molecule has 0 saturated heterocycles. The fourth-order valence-electron chi connectivity index (χ4n) is 2.64. The van der Waals surface area contributed by atoms with E-state index in [2.05, 4.69) is 10.6 Å². The molecule has 4 N–H and O–H groups in total. The van der Waals surface area contributed by atoms with Crippen LogP contribution in [0.2, 0.25) is 0 Å². The summed E-state index contributed by atoms with van der Waals surface area (Å²) in [6.07, 6.45) is 4.67. The Morgan fingerprint density at radius 2 is 1.92 bits per heavy atom. The molecular weight excluding hydrogens is 306 g/mol. The van der Waals surface area contributed by atoms with E-state index in [1.54, 1.807) is 6.07 Å². The van der Waals surface area contributed by atoms with Gasteiger partial charge in [-0.2, -0.15) is 0 Å². The third-order valence-electron chi connectivity index (χ3n) is 4.20. The van der Waals surface area contributed by atoms with Gasteiger partial charge in [-0.25, -0.2) is 0 Å². The average Bonchev–Trinajstić information content (AvgIpc) is 3.06. The third kappa shape index (κ3) is 5.23. The number of carbonyl (C=O) groups excluding carboxylic acids is 2. The molecule has 1 aromatic carbocycles. The summed E-state index contributed by atoms with van der Waals surface area (Å²) in [5, 5.41) is 5.35. The Bertz CT molecular complexity index is 568. The van der Waals surface area contributed by atoms with Crippen molar-refractivity contribution < 1.29 is 14.3 Å². The lowest BCUT2D eigenvalue weighted by atomic mass is 10.1. The molecule has 1 atom stereocenters. The van der Waals surface area contributed by atoms with Crippen molar-refractivity contribution >= 4 is 17.5 Å². The van der Waals surface area contributed by atoms with Crippen LogP contribution in [-0.4, -0.2) is 30.5 Å². The smallest absolute Gasteiger partial charge is 0.243 e. The number of rotatable bonds is 7. The molecule has 24 heavy (non-hydrogen) atoms. The summed E-state index contributed by atoms with van der Waals surface area (Å²) in [5.41, 5.74) is 6.37. The lowest BCUT2D eigenvalue weighted by Gasteiger charge is -2.18. The minimum atomic E-state index is -0.615. The standard InChI is InChI=1S/C18H27N3O3/c1-12(2)17(19)18(23)20-11-16(22)21-14-9-5-6-10-15(14)24-13-7-3-4-8-13/h5-6,9-10,12-13,17H,3-4,7-8,11,19H2,1-2H3,(H,20,23)(H,21,22)/t17-/m0/s1. The van der Waals surface area contributed by atoms with E-state index >= 15 is 0 Å². The molecule has 2 amide bonds. The Kier molecular flexibility index (Phi) is 6.61. The Morgan fingerprint density at radius 3 is 2.58 bits per heavy atom. The number of anilines is 1. The van der Waals surface area contributed by atoms with Crippen LogP contribution in [0.4, 0.5) is 5.69 Å². The second-order valence-corrected chi connectivity index (χ2v) is 6.56. The predicted octanol–water partition coefficient (Wildman–Crippen LogP) is 2.05. The highest BCUT2D eigenvalue weighted by Gasteiger charge is 2.20. The number of carbonyl (C=O) groups is 2. The van der Waals surface area contributed by atoms with Crippen molar-refractivity contribution in [2.24, 2.45) is 11.7 Å². The first kappa shape index (κ1) is 18.3. The monoisotopic (exact) mass is 333 g/mol. The van der Waals surface area contributed by atoms with Gasteiger partial charge in [-0.3, -0.25) is 9.59 Å². The van der Waals surface area contributed by atoms with Gasteiger partial charge in [0.1, 0.15) is 5.75 Å². The summed E-state index contributed by atoms with van der Waals surface area (Å²) in [6.45, 7) is 3.61. The summed E-state index contributed by atoms with van der Waals surface area (Å²) >= 11 is 0. The van der Waals surface area contributed by atoms with E-state index in [9.17, 15) is 9.59 Å². The number of nitrogens with two attached hydrogens (primary N) is 1. The van der Waals surface area contributed by atoms with E-state index < -0.39 is 6.04 Å². The highest BCUT2D eigenvalue weighted by Crippen LogP contribution is 2.29. The van der Waals surface area contributed by atoms with Crippen molar-refractivity contribution in [2.75, 3.05) is 11.9 Å². The molecule has 0 radical (unpaired) electrons. The predicted molar refractivity (Wildman–Crippen MR) is 93.8 cm³/mol. The molecule has 1 fully saturated rings. The molecule has 6 nitrogen and oxygen atoms in total. The molecule has 0 heterocycles. The van der Waals surface area contributed by atoms with Gasteiger partial charge in [0.05, 0.1) is 24.4 Å². The van der Waals surface area contributed by atoms with Gasteiger partial charge in [0.2, 0.25) is 11.8 Å². The van der Waals surface area contributed by atoms with Crippen LogP contribution < -0.4 is 21.1 Å². The maximum Gasteiger partial charge on any atom is 0.243 e. The molecule has 0 aromatic heterocycles. The van der Waals surface area contributed by atoms with E-state index in [0.717, 1.165) is 12.8 Å². The Morgan fingerprint density at radius 1 is 1.25 bits per heavy atom. The van der Waals surface area contributed by atoms with Crippen molar-refractivity contribution in [3.05, 3.63) is 24.3 Å². The van der Waals surface area contributed by atoms with Gasteiger partial charge in [-0.15, -0.1) is 0 Å². The average molecular weight is 333 g/mol. The van der Waals surface area contributed by atoms with Crippen LogP contribution in [-0.2, 0) is 9.59 Å². The molecule has 2 rings (SSSR count). The molecule has 1 saturated carbocycles. The van der Waals surface area contributed by atoms with Crippen molar-refractivity contribution in [2.45, 2.75) is 51.7 Å². The molecule has 1 aliphatic carbocycles. The zero-order chi connectivity index (χ0) is 17.5. The van der Waals surface area contributed by atoms with Crippen LogP contribution in [0.1, 0.15) is 39.5 Å². The van der Waals surface area contributed by atoms with Gasteiger partial charge in [0, 0.05) is 0 Å². The molecule has 0 unspecified atom stereocenters. The molecule has 1 aliphatic rings. The summed E-state index contributed by atoms with van der Waals surface area (Å²) in [6, 6.07) is 6.74. The summed E-state index contributed by atoms with van der Waals surface area (Å²) < 4.78 is 5.98. The Labute approximate surface area is 143 Å².